The van der Waals surface area contributed by atoms with Crippen molar-refractivity contribution in [1.82, 2.24) is 15.1 Å². The van der Waals surface area contributed by atoms with E-state index in [2.05, 4.69) is 5.32 Å². The van der Waals surface area contributed by atoms with Gasteiger partial charge in [0.25, 0.3) is 0 Å². The monoisotopic (exact) mass is 289 g/mol. The highest BCUT2D eigenvalue weighted by Crippen LogP contribution is 2.23. The van der Waals surface area contributed by atoms with Crippen molar-refractivity contribution in [2.24, 2.45) is 0 Å². The topological polar surface area (TPSA) is 86.8 Å². The second-order valence-electron chi connectivity index (χ2n) is 5.46. The molecule has 7 nitrogen and oxygen atoms in total. The molecule has 2 aliphatic rings. The summed E-state index contributed by atoms with van der Waals surface area (Å²) in [5, 5.41) is 2.81. The third-order valence-electron chi connectivity index (χ3n) is 3.66. The highest BCUT2D eigenvalue weighted by Gasteiger charge is 2.40. The molecule has 0 bridgehead atoms. The molecular formula is C11H19N3O4S. The molecule has 0 aliphatic carbocycles. The van der Waals surface area contributed by atoms with E-state index in [-0.39, 0.29) is 17.5 Å². The Morgan fingerprint density at radius 2 is 1.89 bits per heavy atom. The summed E-state index contributed by atoms with van der Waals surface area (Å²) < 4.78 is 23.0. The number of nitrogens with zero attached hydrogens (tertiary/aromatic N) is 2. The molecule has 2 aliphatic heterocycles. The van der Waals surface area contributed by atoms with E-state index in [4.69, 9.17) is 0 Å². The van der Waals surface area contributed by atoms with Gasteiger partial charge in [0.15, 0.2) is 9.84 Å². The van der Waals surface area contributed by atoms with Gasteiger partial charge in [-0.2, -0.15) is 0 Å². The smallest absolute Gasteiger partial charge is 0.317 e. The van der Waals surface area contributed by atoms with Gasteiger partial charge in [-0.1, -0.05) is 0 Å². The van der Waals surface area contributed by atoms with Gasteiger partial charge in [0.1, 0.15) is 0 Å². The summed E-state index contributed by atoms with van der Waals surface area (Å²) in [4.78, 5) is 25.9. The Morgan fingerprint density at radius 3 is 2.37 bits per heavy atom. The van der Waals surface area contributed by atoms with Gasteiger partial charge in [0, 0.05) is 26.2 Å². The number of amides is 3. The maximum absolute atomic E-state index is 12.1. The van der Waals surface area contributed by atoms with Crippen molar-refractivity contribution < 1.29 is 18.0 Å². The van der Waals surface area contributed by atoms with Gasteiger partial charge >= 0.3 is 6.03 Å². The van der Waals surface area contributed by atoms with Gasteiger partial charge in [0.05, 0.1) is 17.0 Å². The Kier molecular flexibility index (Phi) is 3.71. The average Bonchev–Trinajstić information content (AvgIpc) is 2.63. The van der Waals surface area contributed by atoms with Crippen LogP contribution in [0.2, 0.25) is 0 Å². The van der Waals surface area contributed by atoms with Crippen molar-refractivity contribution in [3.63, 3.8) is 0 Å². The van der Waals surface area contributed by atoms with E-state index in [9.17, 15) is 18.0 Å². The van der Waals surface area contributed by atoms with Gasteiger partial charge in [-0.05, 0) is 13.3 Å². The lowest BCUT2D eigenvalue weighted by atomic mass is 10.0. The maximum atomic E-state index is 12.1. The maximum Gasteiger partial charge on any atom is 0.317 e. The molecule has 19 heavy (non-hydrogen) atoms. The van der Waals surface area contributed by atoms with Crippen LogP contribution in [0.3, 0.4) is 0 Å². The van der Waals surface area contributed by atoms with Crippen molar-refractivity contribution in [2.45, 2.75) is 18.9 Å². The highest BCUT2D eigenvalue weighted by atomic mass is 32.2. The predicted octanol–water partition coefficient (Wildman–Crippen LogP) is -0.953. The van der Waals surface area contributed by atoms with Crippen LogP contribution in [0.15, 0.2) is 0 Å². The summed E-state index contributed by atoms with van der Waals surface area (Å²) >= 11 is 0. The van der Waals surface area contributed by atoms with E-state index in [1.165, 1.54) is 0 Å². The fourth-order valence-corrected chi connectivity index (χ4v) is 4.57. The number of nitrogens with one attached hydrogen (secondary N) is 1. The Morgan fingerprint density at radius 1 is 1.26 bits per heavy atom. The molecule has 0 radical (unpaired) electrons. The van der Waals surface area contributed by atoms with Crippen LogP contribution in [0.4, 0.5) is 4.79 Å². The van der Waals surface area contributed by atoms with E-state index >= 15 is 0 Å². The number of piperazine rings is 1. The number of sulfone groups is 1. The number of carbonyl (C=O) groups excluding carboxylic acids is 2. The van der Waals surface area contributed by atoms with Gasteiger partial charge in [-0.15, -0.1) is 0 Å². The lowest BCUT2D eigenvalue weighted by molar-refractivity contribution is -0.119. The Labute approximate surface area is 112 Å². The number of rotatable bonds is 2. The van der Waals surface area contributed by atoms with Crippen molar-refractivity contribution in [3.8, 4) is 0 Å². The Bertz CT molecular complexity index is 470. The van der Waals surface area contributed by atoms with Crippen molar-refractivity contribution in [1.29, 1.82) is 0 Å². The second kappa shape index (κ2) is 4.99. The van der Waals surface area contributed by atoms with Crippen LogP contribution in [-0.2, 0) is 14.6 Å². The zero-order valence-corrected chi connectivity index (χ0v) is 11.8. The summed E-state index contributed by atoms with van der Waals surface area (Å²) in [6, 6.07) is -0.245. The van der Waals surface area contributed by atoms with Crippen LogP contribution in [-0.4, -0.2) is 73.9 Å². The lowest BCUT2D eigenvalue weighted by Crippen LogP contribution is -2.56. The van der Waals surface area contributed by atoms with Gasteiger partial charge in [-0.3, -0.25) is 4.79 Å². The Balaban J connectivity index is 1.90. The first-order valence-corrected chi connectivity index (χ1v) is 8.13. The van der Waals surface area contributed by atoms with E-state index in [1.807, 2.05) is 0 Å². The minimum atomic E-state index is -3.03. The van der Waals surface area contributed by atoms with Crippen LogP contribution in [0, 0.1) is 0 Å². The van der Waals surface area contributed by atoms with Gasteiger partial charge in [-0.25, -0.2) is 13.2 Å². The first kappa shape index (κ1) is 14.1. The zero-order chi connectivity index (χ0) is 14.1. The summed E-state index contributed by atoms with van der Waals surface area (Å²) in [7, 11) is -3.03. The van der Waals surface area contributed by atoms with Gasteiger partial charge < -0.3 is 15.1 Å². The van der Waals surface area contributed by atoms with E-state index in [0.717, 1.165) is 6.41 Å². The van der Waals surface area contributed by atoms with E-state index in [0.29, 0.717) is 32.6 Å². The molecule has 0 aromatic carbocycles. The summed E-state index contributed by atoms with van der Waals surface area (Å²) in [5.41, 5.74) is -0.669. The molecule has 2 fully saturated rings. The molecule has 8 heteroatoms. The third-order valence-corrected chi connectivity index (χ3v) is 5.57. The number of urea groups is 1. The summed E-state index contributed by atoms with van der Waals surface area (Å²) in [6.45, 7) is 3.76. The molecule has 3 amide bonds. The molecule has 1 N–H and O–H groups in total. The van der Waals surface area contributed by atoms with E-state index < -0.39 is 15.4 Å². The molecule has 1 atom stereocenters. The number of hydrogen-bond donors (Lipinski definition) is 1. The fraction of sp³-hybridized carbons (Fsp3) is 0.818. The molecule has 2 heterocycles. The number of hydrogen-bond acceptors (Lipinski definition) is 4. The standard InChI is InChI=1S/C11H19N3O4S/c1-11(2-7-19(17,18)8-11)12-10(16)14-5-3-13(9-15)4-6-14/h9H,2-8H2,1H3,(H,12,16). The number of carbonyl (C=O) groups is 2. The molecule has 108 valence electrons. The quantitative estimate of drug-likeness (QED) is 0.664. The zero-order valence-electron chi connectivity index (χ0n) is 11.0. The lowest BCUT2D eigenvalue weighted by Gasteiger charge is -2.35. The summed E-state index contributed by atoms with van der Waals surface area (Å²) in [6.07, 6.45) is 1.23. The van der Waals surface area contributed by atoms with Crippen molar-refractivity contribution >= 4 is 22.3 Å². The van der Waals surface area contributed by atoms with Crippen molar-refractivity contribution in [2.75, 3.05) is 37.7 Å². The SMILES string of the molecule is CC1(NC(=O)N2CCN(C=O)CC2)CCS(=O)(=O)C1. The Hall–Kier alpha value is -1.31. The minimum Gasteiger partial charge on any atom is -0.342 e. The molecule has 2 rings (SSSR count). The molecular weight excluding hydrogens is 270 g/mol. The largest absolute Gasteiger partial charge is 0.342 e. The first-order chi connectivity index (χ1) is 8.84. The van der Waals surface area contributed by atoms with Crippen LogP contribution in [0.5, 0.6) is 0 Å². The van der Waals surface area contributed by atoms with Crippen LogP contribution in [0.1, 0.15) is 13.3 Å². The molecule has 0 saturated carbocycles. The second-order valence-corrected chi connectivity index (χ2v) is 7.65. The predicted molar refractivity (Wildman–Crippen MR) is 69.4 cm³/mol. The summed E-state index contributed by atoms with van der Waals surface area (Å²) in [5.74, 6) is 0.128. The van der Waals surface area contributed by atoms with Crippen LogP contribution >= 0.6 is 0 Å². The molecule has 0 aromatic rings. The molecule has 0 spiro atoms. The van der Waals surface area contributed by atoms with Crippen LogP contribution in [0.25, 0.3) is 0 Å². The molecule has 2 saturated heterocycles. The van der Waals surface area contributed by atoms with Gasteiger partial charge in [0.2, 0.25) is 6.41 Å². The fourth-order valence-electron chi connectivity index (χ4n) is 2.48. The highest BCUT2D eigenvalue weighted by molar-refractivity contribution is 7.91. The minimum absolute atomic E-state index is 0.0000424. The van der Waals surface area contributed by atoms with E-state index in [1.54, 1.807) is 16.7 Å². The molecule has 1 unspecified atom stereocenters. The van der Waals surface area contributed by atoms with Crippen molar-refractivity contribution in [3.05, 3.63) is 0 Å². The normalized spacial score (nSPS) is 30.2. The van der Waals surface area contributed by atoms with Crippen LogP contribution < -0.4 is 5.32 Å². The average molecular weight is 289 g/mol. The molecule has 0 aromatic heterocycles. The first-order valence-electron chi connectivity index (χ1n) is 6.30. The third kappa shape index (κ3) is 3.37.